The fourth-order valence-electron chi connectivity index (χ4n) is 0.906. The number of primary sulfonamides is 1. The van der Waals surface area contributed by atoms with Gasteiger partial charge in [0, 0.05) is 17.8 Å². The van der Waals surface area contributed by atoms with Crippen LogP contribution in [0, 0.1) is 6.92 Å². The molecule has 0 radical (unpaired) electrons. The molecule has 0 saturated heterocycles. The first-order valence-electron chi connectivity index (χ1n) is 3.23. The monoisotopic (exact) mass is 190 g/mol. The highest BCUT2D eigenvalue weighted by molar-refractivity contribution is 7.89. The molecule has 6 nitrogen and oxygen atoms in total. The van der Waals surface area contributed by atoms with Crippen molar-refractivity contribution in [2.45, 2.75) is 18.5 Å². The van der Waals surface area contributed by atoms with Gasteiger partial charge in [0.1, 0.15) is 0 Å². The minimum absolute atomic E-state index is 0.105. The lowest BCUT2D eigenvalue weighted by atomic mass is 10.3. The van der Waals surface area contributed by atoms with Gasteiger partial charge in [-0.1, -0.05) is 0 Å². The maximum atomic E-state index is 10.9. The zero-order chi connectivity index (χ0) is 9.35. The SMILES string of the molecule is Cc1[nH]nc(S(N)(=O)=O)c1CN. The number of aryl methyl sites for hydroxylation is 1. The lowest BCUT2D eigenvalue weighted by Gasteiger charge is -1.96. The number of sulfonamides is 1. The van der Waals surface area contributed by atoms with Crippen LogP contribution < -0.4 is 10.9 Å². The van der Waals surface area contributed by atoms with Crippen molar-refractivity contribution in [2.75, 3.05) is 0 Å². The molecule has 1 rings (SSSR count). The second kappa shape index (κ2) is 2.85. The molecule has 68 valence electrons. The van der Waals surface area contributed by atoms with Crippen molar-refractivity contribution in [3.63, 3.8) is 0 Å². The molecule has 0 aromatic carbocycles. The van der Waals surface area contributed by atoms with E-state index in [0.29, 0.717) is 11.3 Å². The first kappa shape index (κ1) is 9.17. The molecule has 0 amide bonds. The van der Waals surface area contributed by atoms with Crippen molar-refractivity contribution in [1.29, 1.82) is 0 Å². The zero-order valence-corrected chi connectivity index (χ0v) is 7.35. The highest BCUT2D eigenvalue weighted by atomic mass is 32.2. The van der Waals surface area contributed by atoms with Crippen LogP contribution in [0.2, 0.25) is 0 Å². The van der Waals surface area contributed by atoms with Gasteiger partial charge in [-0.3, -0.25) is 5.10 Å². The number of nitrogens with zero attached hydrogens (tertiary/aromatic N) is 1. The van der Waals surface area contributed by atoms with Crippen LogP contribution >= 0.6 is 0 Å². The number of H-pyrrole nitrogens is 1. The van der Waals surface area contributed by atoms with Gasteiger partial charge in [0.25, 0.3) is 10.0 Å². The van der Waals surface area contributed by atoms with E-state index in [1.54, 1.807) is 6.92 Å². The van der Waals surface area contributed by atoms with Crippen molar-refractivity contribution in [2.24, 2.45) is 10.9 Å². The lowest BCUT2D eigenvalue weighted by molar-refractivity contribution is 0.592. The quantitative estimate of drug-likeness (QED) is 0.544. The molecule has 5 N–H and O–H groups in total. The summed E-state index contributed by atoms with van der Waals surface area (Å²) in [6, 6.07) is 0. The van der Waals surface area contributed by atoms with E-state index in [9.17, 15) is 8.42 Å². The molecule has 0 fully saturated rings. The summed E-state index contributed by atoms with van der Waals surface area (Å²) in [7, 11) is -3.75. The van der Waals surface area contributed by atoms with Gasteiger partial charge in [0.15, 0.2) is 5.03 Å². The molecular weight excluding hydrogens is 180 g/mol. The number of aromatic amines is 1. The average molecular weight is 190 g/mol. The number of aromatic nitrogens is 2. The van der Waals surface area contributed by atoms with E-state index in [0.717, 1.165) is 0 Å². The van der Waals surface area contributed by atoms with Crippen LogP contribution in [0.4, 0.5) is 0 Å². The Hall–Kier alpha value is -0.920. The number of hydrogen-bond donors (Lipinski definition) is 3. The van der Waals surface area contributed by atoms with Crippen LogP contribution in [-0.4, -0.2) is 18.6 Å². The van der Waals surface area contributed by atoms with Crippen LogP contribution in [0.25, 0.3) is 0 Å². The van der Waals surface area contributed by atoms with E-state index < -0.39 is 10.0 Å². The molecule has 0 aliphatic heterocycles. The van der Waals surface area contributed by atoms with Crippen LogP contribution in [0.15, 0.2) is 5.03 Å². The molecule has 0 unspecified atom stereocenters. The molecule has 0 saturated carbocycles. The number of nitrogens with two attached hydrogens (primary N) is 2. The molecule has 0 bridgehead atoms. The van der Waals surface area contributed by atoms with E-state index in [1.807, 2.05) is 0 Å². The molecular formula is C5H10N4O2S. The summed E-state index contributed by atoms with van der Waals surface area (Å²) in [6.45, 7) is 1.79. The van der Waals surface area contributed by atoms with Gasteiger partial charge in [-0.05, 0) is 6.92 Å². The van der Waals surface area contributed by atoms with Crippen molar-refractivity contribution < 1.29 is 8.42 Å². The first-order chi connectivity index (χ1) is 5.46. The van der Waals surface area contributed by atoms with Gasteiger partial charge in [-0.25, -0.2) is 13.6 Å². The van der Waals surface area contributed by atoms with Crippen molar-refractivity contribution >= 4 is 10.0 Å². The maximum absolute atomic E-state index is 10.9. The third kappa shape index (κ3) is 1.47. The van der Waals surface area contributed by atoms with Crippen molar-refractivity contribution in [3.05, 3.63) is 11.3 Å². The van der Waals surface area contributed by atoms with Crippen LogP contribution in [-0.2, 0) is 16.6 Å². The highest BCUT2D eigenvalue weighted by Gasteiger charge is 2.18. The second-order valence-corrected chi connectivity index (χ2v) is 3.86. The molecule has 0 aliphatic rings. The van der Waals surface area contributed by atoms with Crippen LogP contribution in [0.1, 0.15) is 11.3 Å². The van der Waals surface area contributed by atoms with E-state index in [1.165, 1.54) is 0 Å². The Morgan fingerprint density at radius 1 is 1.58 bits per heavy atom. The predicted octanol–water partition coefficient (Wildman–Crippen LogP) is -1.18. The normalized spacial score (nSPS) is 11.9. The van der Waals surface area contributed by atoms with Gasteiger partial charge in [-0.2, -0.15) is 5.10 Å². The minimum Gasteiger partial charge on any atom is -0.326 e. The summed E-state index contributed by atoms with van der Waals surface area (Å²) in [5.74, 6) is 0. The number of hydrogen-bond acceptors (Lipinski definition) is 4. The number of nitrogens with one attached hydrogen (secondary N) is 1. The maximum Gasteiger partial charge on any atom is 0.257 e. The summed E-state index contributed by atoms with van der Waals surface area (Å²) in [4.78, 5) is 0. The van der Waals surface area contributed by atoms with Gasteiger partial charge in [0.05, 0.1) is 0 Å². The van der Waals surface area contributed by atoms with E-state index >= 15 is 0 Å². The summed E-state index contributed by atoms with van der Waals surface area (Å²) >= 11 is 0. The van der Waals surface area contributed by atoms with Crippen molar-refractivity contribution in [3.8, 4) is 0 Å². The van der Waals surface area contributed by atoms with Gasteiger partial charge >= 0.3 is 0 Å². The second-order valence-electron chi connectivity index (χ2n) is 2.38. The van der Waals surface area contributed by atoms with Crippen molar-refractivity contribution in [1.82, 2.24) is 10.2 Å². The summed E-state index contributed by atoms with van der Waals surface area (Å²) in [5.41, 5.74) is 6.38. The summed E-state index contributed by atoms with van der Waals surface area (Å²) in [5, 5.41) is 10.8. The molecule has 1 aromatic rings. The molecule has 0 spiro atoms. The zero-order valence-electron chi connectivity index (χ0n) is 6.53. The van der Waals surface area contributed by atoms with E-state index in [4.69, 9.17) is 10.9 Å². The molecule has 0 atom stereocenters. The van der Waals surface area contributed by atoms with E-state index in [-0.39, 0.29) is 11.6 Å². The Bertz CT molecular complexity index is 380. The topological polar surface area (TPSA) is 115 Å². The lowest BCUT2D eigenvalue weighted by Crippen LogP contribution is -2.16. The fourth-order valence-corrected chi connectivity index (χ4v) is 1.66. The van der Waals surface area contributed by atoms with Gasteiger partial charge < -0.3 is 5.73 Å². The molecule has 1 heterocycles. The van der Waals surface area contributed by atoms with Gasteiger partial charge in [-0.15, -0.1) is 0 Å². The Labute approximate surface area is 70.0 Å². The van der Waals surface area contributed by atoms with Crippen LogP contribution in [0.5, 0.6) is 0 Å². The standard InChI is InChI=1S/C5H10N4O2S/c1-3-4(2-6)5(9-8-3)12(7,10)11/h2,6H2,1H3,(H,8,9)(H2,7,10,11). The molecule has 1 aromatic heterocycles. The number of rotatable bonds is 2. The largest absolute Gasteiger partial charge is 0.326 e. The molecule has 7 heteroatoms. The van der Waals surface area contributed by atoms with E-state index in [2.05, 4.69) is 10.2 Å². The summed E-state index contributed by atoms with van der Waals surface area (Å²) in [6.07, 6.45) is 0. The third-order valence-corrected chi connectivity index (χ3v) is 2.39. The third-order valence-electron chi connectivity index (χ3n) is 1.51. The van der Waals surface area contributed by atoms with Crippen LogP contribution in [0.3, 0.4) is 0 Å². The summed E-state index contributed by atoms with van der Waals surface area (Å²) < 4.78 is 21.7. The Kier molecular flexibility index (Phi) is 2.18. The predicted molar refractivity (Wildman–Crippen MR) is 42.6 cm³/mol. The minimum atomic E-state index is -3.75. The smallest absolute Gasteiger partial charge is 0.257 e. The molecule has 0 aliphatic carbocycles. The average Bonchev–Trinajstić information content (AvgIpc) is 2.29. The highest BCUT2D eigenvalue weighted by Crippen LogP contribution is 2.12. The fraction of sp³-hybridized carbons (Fsp3) is 0.400. The Morgan fingerprint density at radius 2 is 2.17 bits per heavy atom. The van der Waals surface area contributed by atoms with Gasteiger partial charge in [0.2, 0.25) is 0 Å². The first-order valence-corrected chi connectivity index (χ1v) is 4.78. The Balaban J connectivity index is 3.36. The Morgan fingerprint density at radius 3 is 2.50 bits per heavy atom. The molecule has 12 heavy (non-hydrogen) atoms.